The maximum absolute atomic E-state index is 13.0. The lowest BCUT2D eigenvalue weighted by Gasteiger charge is -2.06. The number of methoxy groups -OCH3 is 1. The van der Waals surface area contributed by atoms with Gasteiger partial charge < -0.3 is 9.84 Å². The molecule has 0 spiro atoms. The third-order valence-electron chi connectivity index (χ3n) is 1.71. The maximum atomic E-state index is 13.0. The number of hydrogen-bond donors (Lipinski definition) is 1. The minimum Gasteiger partial charge on any atom is -0.496 e. The Hall–Kier alpha value is -1.91. The molecule has 0 aliphatic rings. The van der Waals surface area contributed by atoms with E-state index in [1.165, 1.54) is 7.11 Å². The molecule has 0 fully saturated rings. The van der Waals surface area contributed by atoms with Gasteiger partial charge in [-0.25, -0.2) is 9.18 Å². The van der Waals surface area contributed by atoms with Crippen LogP contribution in [0, 0.1) is 5.82 Å². The second-order valence-electron chi connectivity index (χ2n) is 2.46. The summed E-state index contributed by atoms with van der Waals surface area (Å²) in [4.78, 5) is 21.2. The van der Waals surface area contributed by atoms with Crippen LogP contribution in [0.3, 0.4) is 0 Å². The molecule has 0 unspecified atom stereocenters. The second kappa shape index (κ2) is 3.87. The Morgan fingerprint density at radius 1 is 1.57 bits per heavy atom. The monoisotopic (exact) mass is 198 g/mol. The number of carbonyl (C=O) groups excluding carboxylic acids is 1. The van der Waals surface area contributed by atoms with Crippen LogP contribution in [0.25, 0.3) is 0 Å². The first-order valence-corrected chi connectivity index (χ1v) is 3.66. The van der Waals surface area contributed by atoms with Gasteiger partial charge in [0.2, 0.25) is 0 Å². The zero-order chi connectivity index (χ0) is 10.7. The van der Waals surface area contributed by atoms with Crippen molar-refractivity contribution in [1.82, 2.24) is 0 Å². The van der Waals surface area contributed by atoms with Gasteiger partial charge in [-0.2, -0.15) is 0 Å². The summed E-state index contributed by atoms with van der Waals surface area (Å²) in [6.45, 7) is 0. The Morgan fingerprint density at radius 3 is 2.64 bits per heavy atom. The number of carboxylic acids is 1. The van der Waals surface area contributed by atoms with E-state index in [-0.39, 0.29) is 12.0 Å². The normalized spacial score (nSPS) is 9.57. The molecule has 1 aromatic carbocycles. The number of halogens is 1. The Balaban J connectivity index is 3.51. The van der Waals surface area contributed by atoms with Crippen LogP contribution in [0.1, 0.15) is 20.7 Å². The molecule has 0 amide bonds. The lowest BCUT2D eigenvalue weighted by atomic mass is 10.1. The number of carboxylic acid groups (broad SMARTS) is 1. The molecule has 1 rings (SSSR count). The van der Waals surface area contributed by atoms with Crippen LogP contribution in [0.2, 0.25) is 0 Å². The Bertz CT molecular complexity index is 387. The third-order valence-corrected chi connectivity index (χ3v) is 1.71. The molecule has 0 saturated heterocycles. The van der Waals surface area contributed by atoms with Crippen LogP contribution >= 0.6 is 0 Å². The van der Waals surface area contributed by atoms with E-state index in [1.54, 1.807) is 0 Å². The van der Waals surface area contributed by atoms with Gasteiger partial charge in [0.1, 0.15) is 17.1 Å². The van der Waals surface area contributed by atoms with Gasteiger partial charge in [-0.15, -0.1) is 0 Å². The van der Waals surface area contributed by atoms with Gasteiger partial charge in [0.15, 0.2) is 6.29 Å². The van der Waals surface area contributed by atoms with Gasteiger partial charge >= 0.3 is 5.97 Å². The smallest absolute Gasteiger partial charge is 0.340 e. The molecule has 1 N–H and O–H groups in total. The van der Waals surface area contributed by atoms with Crippen molar-refractivity contribution in [1.29, 1.82) is 0 Å². The zero-order valence-electron chi connectivity index (χ0n) is 7.28. The number of aromatic carboxylic acids is 1. The minimum atomic E-state index is -1.40. The Labute approximate surface area is 78.9 Å². The first-order valence-electron chi connectivity index (χ1n) is 3.66. The highest BCUT2D eigenvalue weighted by molar-refractivity contribution is 5.99. The first-order chi connectivity index (χ1) is 6.61. The summed E-state index contributed by atoms with van der Waals surface area (Å²) in [5.74, 6) is -2.32. The molecule has 74 valence electrons. The molecular formula is C9H7FO4. The van der Waals surface area contributed by atoms with Gasteiger partial charge in [0, 0.05) is 0 Å². The van der Waals surface area contributed by atoms with Gasteiger partial charge in [-0.05, 0) is 12.1 Å². The Kier molecular flexibility index (Phi) is 2.81. The van der Waals surface area contributed by atoms with E-state index in [0.717, 1.165) is 12.1 Å². The van der Waals surface area contributed by atoms with Crippen molar-refractivity contribution in [2.45, 2.75) is 0 Å². The molecule has 5 heteroatoms. The van der Waals surface area contributed by atoms with Crippen molar-refractivity contribution in [3.05, 3.63) is 29.1 Å². The van der Waals surface area contributed by atoms with Crippen molar-refractivity contribution in [2.75, 3.05) is 7.11 Å². The van der Waals surface area contributed by atoms with Crippen LogP contribution in [0.4, 0.5) is 4.39 Å². The second-order valence-corrected chi connectivity index (χ2v) is 2.46. The fraction of sp³-hybridized carbons (Fsp3) is 0.111. The number of rotatable bonds is 3. The summed E-state index contributed by atoms with van der Waals surface area (Å²) in [6, 6.07) is 2.14. The molecule has 0 aliphatic carbocycles. The highest BCUT2D eigenvalue weighted by Gasteiger charge is 2.19. The number of ether oxygens (including phenoxy) is 1. The fourth-order valence-electron chi connectivity index (χ4n) is 1.08. The van der Waals surface area contributed by atoms with Gasteiger partial charge in [0.25, 0.3) is 0 Å². The summed E-state index contributed by atoms with van der Waals surface area (Å²) in [5, 5.41) is 8.73. The van der Waals surface area contributed by atoms with E-state index in [1.807, 2.05) is 0 Å². The van der Waals surface area contributed by atoms with Gasteiger partial charge in [-0.3, -0.25) is 4.79 Å². The average Bonchev–Trinajstić information content (AvgIpc) is 2.17. The zero-order valence-corrected chi connectivity index (χ0v) is 7.28. The highest BCUT2D eigenvalue weighted by atomic mass is 19.1. The lowest BCUT2D eigenvalue weighted by molar-refractivity contribution is 0.0689. The molecular weight excluding hydrogens is 191 g/mol. The summed E-state index contributed by atoms with van der Waals surface area (Å²) in [5.41, 5.74) is -0.959. The van der Waals surface area contributed by atoms with E-state index >= 15 is 0 Å². The van der Waals surface area contributed by atoms with E-state index < -0.39 is 22.9 Å². The lowest BCUT2D eigenvalue weighted by Crippen LogP contribution is -2.07. The van der Waals surface area contributed by atoms with Gasteiger partial charge in [-0.1, -0.05) is 0 Å². The molecule has 4 nitrogen and oxygen atoms in total. The highest BCUT2D eigenvalue weighted by Crippen LogP contribution is 2.23. The predicted octanol–water partition coefficient (Wildman–Crippen LogP) is 1.35. The molecule has 0 bridgehead atoms. The molecule has 14 heavy (non-hydrogen) atoms. The van der Waals surface area contributed by atoms with Crippen molar-refractivity contribution in [3.8, 4) is 5.75 Å². The molecule has 0 radical (unpaired) electrons. The van der Waals surface area contributed by atoms with E-state index in [0.29, 0.717) is 0 Å². The van der Waals surface area contributed by atoms with Gasteiger partial charge in [0.05, 0.1) is 12.7 Å². The summed E-state index contributed by atoms with van der Waals surface area (Å²) in [6.07, 6.45) is 0.154. The van der Waals surface area contributed by atoms with Crippen molar-refractivity contribution in [3.63, 3.8) is 0 Å². The minimum absolute atomic E-state index is 0.0407. The third kappa shape index (κ3) is 1.56. The van der Waals surface area contributed by atoms with Crippen LogP contribution in [0.5, 0.6) is 5.75 Å². The molecule has 1 aromatic rings. The summed E-state index contributed by atoms with van der Waals surface area (Å²) < 4.78 is 17.7. The molecule has 0 atom stereocenters. The van der Waals surface area contributed by atoms with Crippen LogP contribution in [0.15, 0.2) is 12.1 Å². The topological polar surface area (TPSA) is 63.6 Å². The standard InChI is InChI=1S/C9H7FO4/c1-14-7-3-2-6(10)5(4-11)8(7)9(12)13/h2-4H,1H3,(H,12,13). The van der Waals surface area contributed by atoms with Crippen LogP contribution in [-0.2, 0) is 0 Å². The number of carbonyl (C=O) groups is 2. The first kappa shape index (κ1) is 10.2. The summed E-state index contributed by atoms with van der Waals surface area (Å²) in [7, 11) is 1.24. The van der Waals surface area contributed by atoms with E-state index in [9.17, 15) is 14.0 Å². The number of benzene rings is 1. The molecule has 0 aliphatic heterocycles. The molecule has 0 saturated carbocycles. The maximum Gasteiger partial charge on any atom is 0.340 e. The van der Waals surface area contributed by atoms with E-state index in [4.69, 9.17) is 9.84 Å². The largest absolute Gasteiger partial charge is 0.496 e. The van der Waals surface area contributed by atoms with Crippen molar-refractivity contribution in [2.24, 2.45) is 0 Å². The van der Waals surface area contributed by atoms with Crippen molar-refractivity contribution >= 4 is 12.3 Å². The quantitative estimate of drug-likeness (QED) is 0.744. The SMILES string of the molecule is COc1ccc(F)c(C=O)c1C(=O)O. The summed E-state index contributed by atoms with van der Waals surface area (Å²) >= 11 is 0. The van der Waals surface area contributed by atoms with E-state index in [2.05, 4.69) is 0 Å². The number of hydrogen-bond acceptors (Lipinski definition) is 3. The van der Waals surface area contributed by atoms with Crippen LogP contribution in [-0.4, -0.2) is 24.5 Å². The fourth-order valence-corrected chi connectivity index (χ4v) is 1.08. The molecule has 0 aromatic heterocycles. The Morgan fingerprint density at radius 2 is 2.21 bits per heavy atom. The van der Waals surface area contributed by atoms with Crippen molar-refractivity contribution < 1.29 is 23.8 Å². The predicted molar refractivity (Wildman–Crippen MR) is 45.3 cm³/mol. The average molecular weight is 198 g/mol. The van der Waals surface area contributed by atoms with Crippen LogP contribution < -0.4 is 4.74 Å². The number of aldehydes is 1. The molecule has 0 heterocycles.